The zero-order valence-electron chi connectivity index (χ0n) is 24.8. The first-order chi connectivity index (χ1) is 21.6. The van der Waals surface area contributed by atoms with E-state index in [-0.39, 0.29) is 5.41 Å². The quantitative estimate of drug-likeness (QED) is 0.209. The average Bonchev–Trinajstić information content (AvgIpc) is 3.52. The van der Waals surface area contributed by atoms with Gasteiger partial charge < -0.3 is 0 Å². The van der Waals surface area contributed by atoms with Crippen molar-refractivity contribution in [2.45, 2.75) is 19.3 Å². The summed E-state index contributed by atoms with van der Waals surface area (Å²) >= 11 is 0. The Kier molecular flexibility index (Phi) is 5.28. The Morgan fingerprint density at radius 1 is 0.500 bits per heavy atom. The molecule has 1 aliphatic rings. The molecular formula is C42H30N2. The topological polar surface area (TPSA) is 17.8 Å². The van der Waals surface area contributed by atoms with Gasteiger partial charge in [-0.2, -0.15) is 0 Å². The molecule has 2 heteroatoms. The molecule has 0 radical (unpaired) electrons. The fraction of sp³-hybridized carbons (Fsp3) is 0.0714. The lowest BCUT2D eigenvalue weighted by Gasteiger charge is -2.21. The molecule has 0 unspecified atom stereocenters. The van der Waals surface area contributed by atoms with Gasteiger partial charge in [0.25, 0.3) is 0 Å². The van der Waals surface area contributed by atoms with Crippen molar-refractivity contribution in [3.05, 3.63) is 157 Å². The van der Waals surface area contributed by atoms with E-state index in [1.807, 2.05) is 0 Å². The molecule has 2 aromatic heterocycles. The number of rotatable bonds is 3. The highest BCUT2D eigenvalue weighted by atomic mass is 15.1. The van der Waals surface area contributed by atoms with E-state index in [0.717, 1.165) is 22.6 Å². The smallest absolute Gasteiger partial charge is 0.138 e. The molecule has 6 aromatic carbocycles. The number of fused-ring (bicyclic) bond motifs is 8. The van der Waals surface area contributed by atoms with Crippen molar-refractivity contribution in [2.75, 3.05) is 0 Å². The van der Waals surface area contributed by atoms with Crippen molar-refractivity contribution in [1.29, 1.82) is 0 Å². The van der Waals surface area contributed by atoms with E-state index in [2.05, 4.69) is 164 Å². The molecule has 44 heavy (non-hydrogen) atoms. The van der Waals surface area contributed by atoms with E-state index in [1.54, 1.807) is 0 Å². The summed E-state index contributed by atoms with van der Waals surface area (Å²) in [5.74, 6) is 0.923. The van der Waals surface area contributed by atoms with Crippen molar-refractivity contribution in [3.63, 3.8) is 0 Å². The summed E-state index contributed by atoms with van der Waals surface area (Å²) in [6, 6.07) is 52.7. The number of hydrogen-bond acceptors (Lipinski definition) is 1. The summed E-state index contributed by atoms with van der Waals surface area (Å²) in [5, 5.41) is 5.10. The maximum Gasteiger partial charge on any atom is 0.138 e. The predicted molar refractivity (Wildman–Crippen MR) is 185 cm³/mol. The number of pyridine rings is 1. The maximum atomic E-state index is 5.35. The fourth-order valence-electron chi connectivity index (χ4n) is 7.40. The first kappa shape index (κ1) is 25.1. The molecule has 0 N–H and O–H groups in total. The number of para-hydroxylation sites is 1. The van der Waals surface area contributed by atoms with Gasteiger partial charge in [-0.1, -0.05) is 129 Å². The first-order valence-corrected chi connectivity index (χ1v) is 15.3. The molecule has 2 nitrogen and oxygen atoms in total. The van der Waals surface area contributed by atoms with E-state index in [9.17, 15) is 0 Å². The van der Waals surface area contributed by atoms with Gasteiger partial charge in [-0.15, -0.1) is 0 Å². The molecule has 0 amide bonds. The molecule has 0 bridgehead atoms. The molecule has 0 spiro atoms. The first-order valence-electron chi connectivity index (χ1n) is 15.3. The van der Waals surface area contributed by atoms with Gasteiger partial charge in [-0.25, -0.2) is 4.98 Å². The summed E-state index contributed by atoms with van der Waals surface area (Å²) in [4.78, 5) is 5.35. The van der Waals surface area contributed by atoms with Crippen molar-refractivity contribution in [1.82, 2.24) is 9.55 Å². The minimum absolute atomic E-state index is 0.0992. The SMILES string of the molecule is CC1(C)c2cc3c4ccccc4n(-c4cc(-c5ccccc5)cc(-c5ccccc5)n4)c3cc2-c2c1ccc1ccccc21. The maximum absolute atomic E-state index is 5.35. The Morgan fingerprint density at radius 2 is 1.18 bits per heavy atom. The van der Waals surface area contributed by atoms with Gasteiger partial charge in [0, 0.05) is 21.8 Å². The van der Waals surface area contributed by atoms with Crippen molar-refractivity contribution >= 4 is 32.6 Å². The van der Waals surface area contributed by atoms with E-state index in [4.69, 9.17) is 4.98 Å². The molecule has 9 rings (SSSR count). The van der Waals surface area contributed by atoms with Crippen LogP contribution >= 0.6 is 0 Å². The molecule has 0 fully saturated rings. The number of hydrogen-bond donors (Lipinski definition) is 0. The second-order valence-electron chi connectivity index (χ2n) is 12.4. The standard InChI is InChI=1S/C42H30N2/c1-42(2)35-22-21-28-15-9-10-18-31(28)41(35)34-26-39-33(25-36(34)42)32-19-11-12-20-38(32)44(39)40-24-30(27-13-5-3-6-14-27)23-37(43-40)29-16-7-4-8-17-29/h3-26H,1-2H3. The largest absolute Gasteiger partial charge is 0.294 e. The molecule has 0 saturated heterocycles. The summed E-state index contributed by atoms with van der Waals surface area (Å²) in [6.45, 7) is 4.74. The monoisotopic (exact) mass is 562 g/mol. The van der Waals surface area contributed by atoms with Crippen molar-refractivity contribution in [3.8, 4) is 39.3 Å². The van der Waals surface area contributed by atoms with Crippen LogP contribution < -0.4 is 0 Å². The molecule has 208 valence electrons. The van der Waals surface area contributed by atoms with E-state index >= 15 is 0 Å². The van der Waals surface area contributed by atoms with Gasteiger partial charge in [0.15, 0.2) is 0 Å². The van der Waals surface area contributed by atoms with Crippen LogP contribution in [0.2, 0.25) is 0 Å². The number of nitrogens with zero attached hydrogens (tertiary/aromatic N) is 2. The van der Waals surface area contributed by atoms with E-state index in [1.165, 1.54) is 60.4 Å². The van der Waals surface area contributed by atoms with Crippen molar-refractivity contribution < 1.29 is 0 Å². The van der Waals surface area contributed by atoms with Crippen LogP contribution in [0.4, 0.5) is 0 Å². The van der Waals surface area contributed by atoms with Gasteiger partial charge >= 0.3 is 0 Å². The van der Waals surface area contributed by atoms with Gasteiger partial charge in [0.05, 0.1) is 16.7 Å². The highest BCUT2D eigenvalue weighted by molar-refractivity contribution is 6.13. The summed E-state index contributed by atoms with van der Waals surface area (Å²) in [7, 11) is 0. The highest BCUT2D eigenvalue weighted by Crippen LogP contribution is 2.53. The van der Waals surface area contributed by atoms with Gasteiger partial charge in [-0.05, 0) is 74.5 Å². The lowest BCUT2D eigenvalue weighted by Crippen LogP contribution is -2.14. The summed E-state index contributed by atoms with van der Waals surface area (Å²) in [5.41, 5.74) is 12.1. The minimum atomic E-state index is -0.0992. The molecule has 0 saturated carbocycles. The Morgan fingerprint density at radius 3 is 1.98 bits per heavy atom. The lowest BCUT2D eigenvalue weighted by molar-refractivity contribution is 0.661. The Bertz CT molecular complexity index is 2340. The zero-order valence-corrected chi connectivity index (χ0v) is 24.8. The Labute approximate surface area is 256 Å². The molecule has 2 heterocycles. The van der Waals surface area contributed by atoms with Gasteiger partial charge in [0.1, 0.15) is 5.82 Å². The molecule has 0 aliphatic heterocycles. The number of benzene rings is 6. The third-order valence-electron chi connectivity index (χ3n) is 9.57. The van der Waals surface area contributed by atoms with Crippen LogP contribution in [0.5, 0.6) is 0 Å². The third kappa shape index (κ3) is 3.58. The van der Waals surface area contributed by atoms with Crippen LogP contribution in [0.25, 0.3) is 71.9 Å². The second-order valence-corrected chi connectivity index (χ2v) is 12.4. The average molecular weight is 563 g/mol. The van der Waals surface area contributed by atoms with Crippen LogP contribution in [0.1, 0.15) is 25.0 Å². The zero-order chi connectivity index (χ0) is 29.4. The lowest BCUT2D eigenvalue weighted by atomic mass is 9.81. The van der Waals surface area contributed by atoms with Crippen LogP contribution in [0.3, 0.4) is 0 Å². The summed E-state index contributed by atoms with van der Waals surface area (Å²) in [6.07, 6.45) is 0. The molecule has 8 aromatic rings. The molecular weight excluding hydrogens is 532 g/mol. The summed E-state index contributed by atoms with van der Waals surface area (Å²) < 4.78 is 2.37. The highest BCUT2D eigenvalue weighted by Gasteiger charge is 2.37. The fourth-order valence-corrected chi connectivity index (χ4v) is 7.40. The van der Waals surface area contributed by atoms with Gasteiger partial charge in [0.2, 0.25) is 0 Å². The van der Waals surface area contributed by atoms with Crippen molar-refractivity contribution in [2.24, 2.45) is 0 Å². The molecule has 1 aliphatic carbocycles. The normalized spacial score (nSPS) is 13.4. The minimum Gasteiger partial charge on any atom is -0.294 e. The Balaban J connectivity index is 1.39. The Hall–Kier alpha value is -5.47. The van der Waals surface area contributed by atoms with Crippen LogP contribution in [0, 0.1) is 0 Å². The van der Waals surface area contributed by atoms with Crippen LogP contribution in [0.15, 0.2) is 146 Å². The third-order valence-corrected chi connectivity index (χ3v) is 9.57. The van der Waals surface area contributed by atoms with E-state index < -0.39 is 0 Å². The van der Waals surface area contributed by atoms with E-state index in [0.29, 0.717) is 0 Å². The second kappa shape index (κ2) is 9.26. The predicted octanol–water partition coefficient (Wildman–Crippen LogP) is 11.0. The van der Waals surface area contributed by atoms with Gasteiger partial charge in [-0.3, -0.25) is 4.57 Å². The van der Waals surface area contributed by atoms with Crippen LogP contribution in [-0.2, 0) is 5.41 Å². The number of aromatic nitrogens is 2. The molecule has 0 atom stereocenters. The van der Waals surface area contributed by atoms with Crippen LogP contribution in [-0.4, -0.2) is 9.55 Å².